The van der Waals surface area contributed by atoms with Gasteiger partial charge < -0.3 is 99.5 Å². The van der Waals surface area contributed by atoms with Crippen LogP contribution >= 0.6 is 0 Å². The highest BCUT2D eigenvalue weighted by molar-refractivity contribution is 5.81. The van der Waals surface area contributed by atoms with Crippen LogP contribution < -0.4 is 0 Å². The molecular formula is C61H118O22. The van der Waals surface area contributed by atoms with Gasteiger partial charge in [-0.3, -0.25) is 0 Å². The van der Waals surface area contributed by atoms with E-state index in [9.17, 15) is 4.79 Å². The molecule has 0 aromatic carbocycles. The highest BCUT2D eigenvalue weighted by atomic mass is 16.6. The maximum absolute atomic E-state index is 10.9. The van der Waals surface area contributed by atoms with Gasteiger partial charge >= 0.3 is 5.97 Å². The normalized spacial score (nSPS) is 11.7. The first-order valence-electron chi connectivity index (χ1n) is 31.3. The average molecular weight is 1200 g/mol. The number of rotatable bonds is 77. The molecule has 0 aromatic heterocycles. The van der Waals surface area contributed by atoms with Crippen molar-refractivity contribution in [3.63, 3.8) is 0 Å². The van der Waals surface area contributed by atoms with Gasteiger partial charge in [0.05, 0.1) is 258 Å². The van der Waals surface area contributed by atoms with Crippen molar-refractivity contribution in [2.75, 3.05) is 271 Å². The molecule has 0 amide bonds. The largest absolute Gasteiger partial charge is 0.460 e. The number of hydrogen-bond donors (Lipinski definition) is 0. The summed E-state index contributed by atoms with van der Waals surface area (Å²) in [5.41, 5.74) is 0. The number of hydrogen-bond acceptors (Lipinski definition) is 22. The maximum Gasteiger partial charge on any atom is 0.330 e. The predicted octanol–water partition coefficient (Wildman–Crippen LogP) is 7.09. The van der Waals surface area contributed by atoms with Crippen LogP contribution in [-0.4, -0.2) is 277 Å². The van der Waals surface area contributed by atoms with E-state index >= 15 is 0 Å². The Hall–Kier alpha value is -1.85. The molecule has 0 aliphatic carbocycles. The summed E-state index contributed by atoms with van der Waals surface area (Å²) in [5.74, 6) is -0.463. The summed E-state index contributed by atoms with van der Waals surface area (Å²) in [6, 6.07) is 0. The Morgan fingerprint density at radius 3 is 0.602 bits per heavy atom. The second-order valence-electron chi connectivity index (χ2n) is 18.6. The molecule has 22 heteroatoms. The van der Waals surface area contributed by atoms with Crippen molar-refractivity contribution in [1.82, 2.24) is 0 Å². The first kappa shape index (κ1) is 81.2. The van der Waals surface area contributed by atoms with Gasteiger partial charge in [-0.2, -0.15) is 0 Å². The Bertz CT molecular complexity index is 1230. The third-order valence-electron chi connectivity index (χ3n) is 11.5. The molecule has 0 saturated carbocycles. The van der Waals surface area contributed by atoms with Crippen LogP contribution in [0.25, 0.3) is 0 Å². The smallest absolute Gasteiger partial charge is 0.330 e. The topological polar surface area (TPSA) is 211 Å². The van der Waals surface area contributed by atoms with Crippen LogP contribution in [0.15, 0.2) is 24.8 Å². The molecule has 0 radical (unpaired) electrons. The molecule has 0 rings (SSSR count). The molecule has 83 heavy (non-hydrogen) atoms. The molecule has 0 unspecified atom stereocenters. The molecule has 0 aromatic rings. The van der Waals surface area contributed by atoms with Crippen molar-refractivity contribution in [3.05, 3.63) is 24.8 Å². The van der Waals surface area contributed by atoms with Crippen LogP contribution in [0, 0.1) is 0 Å². The van der Waals surface area contributed by atoms with Gasteiger partial charge in [-0.1, -0.05) is 83.4 Å². The molecule has 0 aliphatic rings. The fourth-order valence-corrected chi connectivity index (χ4v) is 6.99. The highest BCUT2D eigenvalue weighted by Crippen LogP contribution is 2.10. The van der Waals surface area contributed by atoms with Crippen LogP contribution in [0.3, 0.4) is 0 Å². The van der Waals surface area contributed by atoms with Gasteiger partial charge in [0.1, 0.15) is 6.61 Å². The lowest BCUT2D eigenvalue weighted by Gasteiger charge is -2.09. The van der Waals surface area contributed by atoms with E-state index in [2.05, 4.69) is 25.7 Å². The van der Waals surface area contributed by atoms with E-state index in [1.165, 1.54) is 83.5 Å². The van der Waals surface area contributed by atoms with Gasteiger partial charge in [0.25, 0.3) is 0 Å². The second kappa shape index (κ2) is 78.2. The fraction of sp³-hybridized carbons (Fsp3) is 0.918. The lowest BCUT2D eigenvalue weighted by Crippen LogP contribution is -2.16. The number of carbonyl (C=O) groups excluding carboxylic acids is 1. The van der Waals surface area contributed by atoms with E-state index in [0.29, 0.717) is 258 Å². The van der Waals surface area contributed by atoms with Crippen LogP contribution in [0.2, 0.25) is 0 Å². The summed E-state index contributed by atoms with van der Waals surface area (Å²) in [7, 11) is 0. The van der Waals surface area contributed by atoms with Gasteiger partial charge in [-0.25, -0.2) is 4.79 Å². The molecule has 0 aliphatic heterocycles. The molecule has 0 atom stereocenters. The van der Waals surface area contributed by atoms with Crippen molar-refractivity contribution >= 4 is 5.97 Å². The molecule has 0 heterocycles. The molecule has 494 valence electrons. The molecule has 0 saturated heterocycles. The van der Waals surface area contributed by atoms with E-state index in [1.807, 2.05) is 0 Å². The van der Waals surface area contributed by atoms with E-state index in [-0.39, 0.29) is 6.61 Å². The summed E-state index contributed by atoms with van der Waals surface area (Å²) in [4.78, 5) is 10.9. The molecule has 0 bridgehead atoms. The lowest BCUT2D eigenvalue weighted by atomic mass is 10.1. The van der Waals surface area contributed by atoms with Crippen molar-refractivity contribution in [3.8, 4) is 0 Å². The average Bonchev–Trinajstić information content (AvgIpc) is 3.49. The Morgan fingerprint density at radius 1 is 0.229 bits per heavy atom. The molecule has 0 spiro atoms. The highest BCUT2D eigenvalue weighted by Gasteiger charge is 2.01. The summed E-state index contributed by atoms with van der Waals surface area (Å²) in [5, 5.41) is 0. The minimum absolute atomic E-state index is 0.191. The summed E-state index contributed by atoms with van der Waals surface area (Å²) in [6.45, 7) is 25.8. The monoisotopic (exact) mass is 1200 g/mol. The van der Waals surface area contributed by atoms with E-state index in [0.717, 1.165) is 19.1 Å². The Labute approximate surface area is 501 Å². The first-order valence-corrected chi connectivity index (χ1v) is 31.3. The third kappa shape index (κ3) is 78.1. The van der Waals surface area contributed by atoms with Crippen LogP contribution in [0.4, 0.5) is 0 Å². The zero-order valence-electron chi connectivity index (χ0n) is 51.8. The number of ether oxygens (including phenoxy) is 21. The standard InChI is InChI=1S/C61H118O22/c1-3-5-6-7-8-9-10-11-12-13-14-15-16-17-18-19-20-63-21-22-64-23-24-65-25-26-66-27-28-67-29-30-68-31-32-69-33-34-70-35-36-71-37-38-72-39-40-73-41-42-74-43-44-75-45-46-76-47-48-77-49-50-78-51-52-79-53-54-80-55-56-81-57-58-82-59-60-83-61(62)4-2/h4,11-12H,2-3,5-10,13-60H2,1H3. The van der Waals surface area contributed by atoms with Crippen LogP contribution in [0.5, 0.6) is 0 Å². The fourth-order valence-electron chi connectivity index (χ4n) is 6.99. The van der Waals surface area contributed by atoms with Crippen LogP contribution in [-0.2, 0) is 104 Å². The quantitative estimate of drug-likeness (QED) is 0.0258. The summed E-state index contributed by atoms with van der Waals surface area (Å²) in [6.07, 6.45) is 24.3. The Morgan fingerprint density at radius 2 is 0.398 bits per heavy atom. The van der Waals surface area contributed by atoms with E-state index < -0.39 is 5.97 Å². The van der Waals surface area contributed by atoms with Crippen LogP contribution in [0.1, 0.15) is 96.8 Å². The summed E-state index contributed by atoms with van der Waals surface area (Å²) < 4.78 is 115. The van der Waals surface area contributed by atoms with Gasteiger partial charge in [-0.15, -0.1) is 0 Å². The van der Waals surface area contributed by atoms with Gasteiger partial charge in [0, 0.05) is 12.7 Å². The number of esters is 1. The molecular weight excluding hydrogens is 1080 g/mol. The number of allylic oxidation sites excluding steroid dienone is 2. The van der Waals surface area contributed by atoms with Gasteiger partial charge in [0.15, 0.2) is 0 Å². The summed E-state index contributed by atoms with van der Waals surface area (Å²) >= 11 is 0. The molecule has 22 nitrogen and oxygen atoms in total. The Kier molecular flexibility index (Phi) is 76.4. The third-order valence-corrected chi connectivity index (χ3v) is 11.5. The number of unbranched alkanes of at least 4 members (excludes halogenated alkanes) is 12. The Balaban J connectivity index is 3.09. The van der Waals surface area contributed by atoms with Crippen molar-refractivity contribution in [1.29, 1.82) is 0 Å². The van der Waals surface area contributed by atoms with Gasteiger partial charge in [0.2, 0.25) is 0 Å². The maximum atomic E-state index is 10.9. The zero-order chi connectivity index (χ0) is 59.4. The molecule has 0 N–H and O–H groups in total. The van der Waals surface area contributed by atoms with E-state index in [1.54, 1.807) is 0 Å². The SMILES string of the molecule is C=CC(=O)OCCOCCOCCOCCOCCOCCOCCOCCOCCOCCOCCOCCOCCOCCOCCOCCOCCOCCOCCOCCOCCCCCCCCC=CCCCCCCCC. The minimum atomic E-state index is -0.463. The van der Waals surface area contributed by atoms with E-state index in [4.69, 9.17) is 99.5 Å². The zero-order valence-corrected chi connectivity index (χ0v) is 51.8. The number of carbonyl (C=O) groups is 1. The predicted molar refractivity (Wildman–Crippen MR) is 317 cm³/mol. The molecule has 0 fully saturated rings. The van der Waals surface area contributed by atoms with Crippen molar-refractivity contribution in [2.45, 2.75) is 96.8 Å². The van der Waals surface area contributed by atoms with Crippen molar-refractivity contribution in [2.24, 2.45) is 0 Å². The lowest BCUT2D eigenvalue weighted by molar-refractivity contribution is -0.139. The second-order valence-corrected chi connectivity index (χ2v) is 18.6. The minimum Gasteiger partial charge on any atom is -0.460 e. The van der Waals surface area contributed by atoms with Crippen molar-refractivity contribution < 1.29 is 104 Å². The van der Waals surface area contributed by atoms with Gasteiger partial charge in [-0.05, 0) is 32.1 Å². The first-order chi connectivity index (χ1) is 41.3.